The molecule has 8 nitrogen and oxygen atoms in total. The third-order valence-electron chi connectivity index (χ3n) is 5.97. The second-order valence-corrected chi connectivity index (χ2v) is 7.92. The molecule has 0 aromatic heterocycles. The van der Waals surface area contributed by atoms with Gasteiger partial charge in [0.05, 0.1) is 12.6 Å². The fourth-order valence-corrected chi connectivity index (χ4v) is 4.60. The van der Waals surface area contributed by atoms with Crippen molar-refractivity contribution in [2.75, 3.05) is 13.2 Å². The molecule has 1 saturated carbocycles. The minimum absolute atomic E-state index is 0.00937. The van der Waals surface area contributed by atoms with E-state index in [1.165, 1.54) is 0 Å². The summed E-state index contributed by atoms with van der Waals surface area (Å²) in [6.07, 6.45) is 6.53. The van der Waals surface area contributed by atoms with Gasteiger partial charge in [-0.05, 0) is 58.4 Å². The van der Waals surface area contributed by atoms with E-state index in [-0.39, 0.29) is 30.4 Å². The first-order chi connectivity index (χ1) is 13.4. The molecule has 0 bridgehead atoms. The maximum absolute atomic E-state index is 13.2. The topological polar surface area (TPSA) is 122 Å². The van der Waals surface area contributed by atoms with Crippen LogP contribution >= 0.6 is 0 Å². The summed E-state index contributed by atoms with van der Waals surface area (Å²) >= 11 is 0. The molecule has 0 unspecified atom stereocenters. The molecule has 0 radical (unpaired) electrons. The molecule has 28 heavy (non-hydrogen) atoms. The third kappa shape index (κ3) is 5.44. The molecule has 1 aliphatic heterocycles. The summed E-state index contributed by atoms with van der Waals surface area (Å²) in [5.41, 5.74) is 5.53. The van der Waals surface area contributed by atoms with E-state index in [1.807, 2.05) is 0 Å². The Hall–Kier alpha value is -1.67. The van der Waals surface area contributed by atoms with Crippen LogP contribution in [0, 0.1) is 5.92 Å². The monoisotopic (exact) mass is 397 g/mol. The van der Waals surface area contributed by atoms with E-state index in [0.29, 0.717) is 19.4 Å². The molecule has 0 aromatic carbocycles. The zero-order valence-corrected chi connectivity index (χ0v) is 17.1. The highest BCUT2D eigenvalue weighted by atomic mass is 16.5. The van der Waals surface area contributed by atoms with Crippen molar-refractivity contribution in [2.45, 2.75) is 89.4 Å². The molecule has 2 fully saturated rings. The lowest BCUT2D eigenvalue weighted by Gasteiger charge is -2.35. The Labute approximate surface area is 167 Å². The molecule has 1 heterocycles. The van der Waals surface area contributed by atoms with Crippen molar-refractivity contribution in [1.29, 1.82) is 0 Å². The number of carbonyl (C=O) groups is 3. The average Bonchev–Trinajstić information content (AvgIpc) is 3.06. The molecule has 0 spiro atoms. The molecule has 1 aliphatic carbocycles. The number of fused-ring (bicyclic) bond motifs is 1. The van der Waals surface area contributed by atoms with E-state index < -0.39 is 24.1 Å². The van der Waals surface area contributed by atoms with Crippen molar-refractivity contribution < 1.29 is 24.2 Å². The zero-order chi connectivity index (χ0) is 20.7. The summed E-state index contributed by atoms with van der Waals surface area (Å²) in [5.74, 6) is -1.31. The van der Waals surface area contributed by atoms with Gasteiger partial charge in [0.2, 0.25) is 5.91 Å². The number of hydrogen-bond acceptors (Lipinski definition) is 6. The Bertz CT molecular complexity index is 556. The number of likely N-dealkylation sites (tertiary alicyclic amines) is 1. The van der Waals surface area contributed by atoms with E-state index in [4.69, 9.17) is 10.5 Å². The lowest BCUT2D eigenvalue weighted by atomic mass is 9.84. The highest BCUT2D eigenvalue weighted by Crippen LogP contribution is 2.40. The number of rotatable bonds is 10. The van der Waals surface area contributed by atoms with Crippen LogP contribution in [-0.2, 0) is 19.1 Å². The van der Waals surface area contributed by atoms with Crippen molar-refractivity contribution in [1.82, 2.24) is 10.2 Å². The number of carbonyl (C=O) groups excluding carboxylic acids is 2. The fraction of sp³-hybridized carbons (Fsp3) is 0.850. The first-order valence-corrected chi connectivity index (χ1v) is 10.6. The first kappa shape index (κ1) is 22.6. The zero-order valence-electron chi connectivity index (χ0n) is 17.1. The number of nitrogens with two attached hydrogens (primary N) is 1. The second kappa shape index (κ2) is 10.8. The van der Waals surface area contributed by atoms with E-state index >= 15 is 0 Å². The summed E-state index contributed by atoms with van der Waals surface area (Å²) in [4.78, 5) is 38.8. The number of unbranched alkanes of at least 4 members (excludes halogenated alkanes) is 1. The van der Waals surface area contributed by atoms with E-state index in [0.717, 1.165) is 38.5 Å². The van der Waals surface area contributed by atoms with Gasteiger partial charge >= 0.3 is 11.9 Å². The minimum Gasteiger partial charge on any atom is -0.480 e. The Morgan fingerprint density at radius 1 is 1.25 bits per heavy atom. The summed E-state index contributed by atoms with van der Waals surface area (Å²) in [6.45, 7) is 4.26. The highest BCUT2D eigenvalue weighted by molar-refractivity contribution is 5.88. The lowest BCUT2D eigenvalue weighted by Crippen LogP contribution is -2.55. The quantitative estimate of drug-likeness (QED) is 0.375. The van der Waals surface area contributed by atoms with Gasteiger partial charge < -0.3 is 20.5 Å². The lowest BCUT2D eigenvalue weighted by molar-refractivity contribution is -0.152. The van der Waals surface area contributed by atoms with Crippen LogP contribution < -0.4 is 11.1 Å². The van der Waals surface area contributed by atoms with Gasteiger partial charge in [0.25, 0.3) is 0 Å². The van der Waals surface area contributed by atoms with Crippen LogP contribution in [0.25, 0.3) is 0 Å². The molecule has 2 aliphatic rings. The molecule has 0 aromatic rings. The molecular formula is C20H35N3O5. The number of carboxylic acids is 1. The number of hydrogen-bond donors (Lipinski definition) is 3. The van der Waals surface area contributed by atoms with Gasteiger partial charge in [-0.25, -0.2) is 4.79 Å². The number of carboxylic acid groups (broad SMARTS) is 1. The van der Waals surface area contributed by atoms with Crippen molar-refractivity contribution in [3.63, 3.8) is 0 Å². The standard InChI is InChI=1S/C20H35N3O5/c1-3-28-20(27)15(9-6-7-11-21)22-13(2)18(24)23-16-10-5-4-8-14(16)12-17(23)19(25)26/h13-17,22H,3-12,21H2,1-2H3,(H,25,26)/t13-,14+,15-,16+,17-/m0/s1. The van der Waals surface area contributed by atoms with Gasteiger partial charge in [0.15, 0.2) is 0 Å². The van der Waals surface area contributed by atoms with Gasteiger partial charge in [0, 0.05) is 6.04 Å². The first-order valence-electron chi connectivity index (χ1n) is 10.6. The van der Waals surface area contributed by atoms with Crippen molar-refractivity contribution in [3.8, 4) is 0 Å². The summed E-state index contributed by atoms with van der Waals surface area (Å²) in [5, 5.41) is 12.7. The molecule has 4 N–H and O–H groups in total. The van der Waals surface area contributed by atoms with Gasteiger partial charge in [-0.3, -0.25) is 14.9 Å². The number of nitrogens with one attached hydrogen (secondary N) is 1. The Morgan fingerprint density at radius 2 is 1.96 bits per heavy atom. The van der Waals surface area contributed by atoms with Crippen molar-refractivity contribution >= 4 is 17.8 Å². The normalized spacial score (nSPS) is 26.4. The average molecular weight is 398 g/mol. The van der Waals surface area contributed by atoms with Crippen LogP contribution in [0.2, 0.25) is 0 Å². The Balaban J connectivity index is 2.08. The maximum atomic E-state index is 13.2. The number of nitrogens with zero attached hydrogens (tertiary/aromatic N) is 1. The third-order valence-corrected chi connectivity index (χ3v) is 5.97. The van der Waals surface area contributed by atoms with Gasteiger partial charge in [-0.1, -0.05) is 19.3 Å². The summed E-state index contributed by atoms with van der Waals surface area (Å²) in [7, 11) is 0. The van der Waals surface area contributed by atoms with Crippen LogP contribution in [0.1, 0.15) is 65.2 Å². The van der Waals surface area contributed by atoms with Crippen LogP contribution in [0.3, 0.4) is 0 Å². The molecule has 1 saturated heterocycles. The Kier molecular flexibility index (Phi) is 8.69. The molecule has 5 atom stereocenters. The maximum Gasteiger partial charge on any atom is 0.326 e. The van der Waals surface area contributed by atoms with Gasteiger partial charge in [-0.15, -0.1) is 0 Å². The Morgan fingerprint density at radius 3 is 2.61 bits per heavy atom. The predicted molar refractivity (Wildman–Crippen MR) is 105 cm³/mol. The van der Waals surface area contributed by atoms with E-state index in [1.54, 1.807) is 18.7 Å². The van der Waals surface area contributed by atoms with E-state index in [9.17, 15) is 19.5 Å². The van der Waals surface area contributed by atoms with Crippen LogP contribution in [0.15, 0.2) is 0 Å². The number of aliphatic carboxylic acids is 1. The number of amides is 1. The second-order valence-electron chi connectivity index (χ2n) is 7.92. The number of esters is 1. The largest absolute Gasteiger partial charge is 0.480 e. The molecule has 8 heteroatoms. The minimum atomic E-state index is -0.945. The molecule has 160 valence electrons. The van der Waals surface area contributed by atoms with E-state index in [2.05, 4.69) is 5.32 Å². The SMILES string of the molecule is CCOC(=O)[C@H](CCCCN)N[C@@H](C)C(=O)N1[C@@H]2CCCC[C@@H]2C[C@H]1C(=O)O. The predicted octanol–water partition coefficient (Wildman–Crippen LogP) is 1.27. The molecule has 2 rings (SSSR count). The van der Waals surface area contributed by atoms with Gasteiger partial charge in [0.1, 0.15) is 12.1 Å². The fourth-order valence-electron chi connectivity index (χ4n) is 4.60. The molecule has 1 amide bonds. The van der Waals surface area contributed by atoms with Crippen molar-refractivity contribution in [2.24, 2.45) is 11.7 Å². The van der Waals surface area contributed by atoms with Crippen LogP contribution in [-0.4, -0.2) is 65.2 Å². The molecular weight excluding hydrogens is 362 g/mol. The highest BCUT2D eigenvalue weighted by Gasteiger charge is 2.48. The number of ether oxygens (including phenoxy) is 1. The summed E-state index contributed by atoms with van der Waals surface area (Å²) < 4.78 is 5.13. The van der Waals surface area contributed by atoms with Crippen LogP contribution in [0.4, 0.5) is 0 Å². The van der Waals surface area contributed by atoms with Crippen molar-refractivity contribution in [3.05, 3.63) is 0 Å². The summed E-state index contributed by atoms with van der Waals surface area (Å²) in [6, 6.07) is -2.04. The van der Waals surface area contributed by atoms with Gasteiger partial charge in [-0.2, -0.15) is 0 Å². The smallest absolute Gasteiger partial charge is 0.326 e. The van der Waals surface area contributed by atoms with Crippen LogP contribution in [0.5, 0.6) is 0 Å².